The van der Waals surface area contributed by atoms with Gasteiger partial charge in [0.05, 0.1) is 11.6 Å². The molecule has 1 N–H and O–H groups in total. The lowest BCUT2D eigenvalue weighted by Crippen LogP contribution is -2.32. The average molecular weight is 305 g/mol. The van der Waals surface area contributed by atoms with Crippen molar-refractivity contribution in [3.8, 4) is 5.75 Å². The first-order valence-corrected chi connectivity index (χ1v) is 6.63. The van der Waals surface area contributed by atoms with Gasteiger partial charge in [0.25, 0.3) is 0 Å². The molecule has 0 amide bonds. The largest absolute Gasteiger partial charge is 0.492 e. The average Bonchev–Trinajstić information content (AvgIpc) is 2.23. The number of hydrogen-bond donors (Lipinski definition) is 1. The van der Waals surface area contributed by atoms with Crippen molar-refractivity contribution < 1.29 is 4.74 Å². The second-order valence-corrected chi connectivity index (χ2v) is 5.54. The maximum Gasteiger partial charge on any atom is 0.143 e. The summed E-state index contributed by atoms with van der Waals surface area (Å²) in [5.41, 5.74) is 1.15. The van der Waals surface area contributed by atoms with Crippen molar-refractivity contribution in [1.29, 1.82) is 0 Å². The Morgan fingerprint density at radius 1 is 1.50 bits per heavy atom. The van der Waals surface area contributed by atoms with E-state index in [2.05, 4.69) is 35.1 Å². The minimum Gasteiger partial charge on any atom is -0.492 e. The molecule has 1 aromatic rings. The lowest BCUT2D eigenvalue weighted by atomic mass is 10.00. The number of rotatable bonds is 2. The van der Waals surface area contributed by atoms with E-state index in [0.29, 0.717) is 23.7 Å². The Morgan fingerprint density at radius 2 is 2.25 bits per heavy atom. The molecule has 1 unspecified atom stereocenters. The summed E-state index contributed by atoms with van der Waals surface area (Å²) in [5.74, 6) is 0.820. The van der Waals surface area contributed by atoms with E-state index < -0.39 is 0 Å². The lowest BCUT2D eigenvalue weighted by molar-refractivity contribution is 0.247. The van der Waals surface area contributed by atoms with Crippen LogP contribution in [0.5, 0.6) is 5.75 Å². The van der Waals surface area contributed by atoms with Gasteiger partial charge in [-0.05, 0) is 12.1 Å². The fourth-order valence-corrected chi connectivity index (χ4v) is 2.82. The van der Waals surface area contributed by atoms with Crippen LogP contribution in [-0.2, 0) is 0 Å². The Bertz CT molecular complexity index is 395. The third kappa shape index (κ3) is 2.36. The van der Waals surface area contributed by atoms with Crippen molar-refractivity contribution in [3.63, 3.8) is 0 Å². The standard InChI is InChI=1S/C12H15BrClNO/c1-7(2)15-10-5-6-16-12-9(14)4-3-8(13)11(10)12/h3-4,7,10,15H,5-6H2,1-2H3. The zero-order valence-electron chi connectivity index (χ0n) is 9.39. The molecular weight excluding hydrogens is 289 g/mol. The van der Waals surface area contributed by atoms with Gasteiger partial charge in [0.2, 0.25) is 0 Å². The van der Waals surface area contributed by atoms with E-state index in [1.54, 1.807) is 0 Å². The molecule has 0 bridgehead atoms. The Labute approximate surface area is 109 Å². The Kier molecular flexibility index (Phi) is 3.77. The molecule has 0 fully saturated rings. The van der Waals surface area contributed by atoms with Crippen molar-refractivity contribution in [3.05, 3.63) is 27.2 Å². The summed E-state index contributed by atoms with van der Waals surface area (Å²) in [6.07, 6.45) is 0.976. The molecule has 1 heterocycles. The molecule has 0 spiro atoms. The van der Waals surface area contributed by atoms with E-state index in [0.717, 1.165) is 22.2 Å². The first kappa shape index (κ1) is 12.2. The van der Waals surface area contributed by atoms with Gasteiger partial charge in [0.1, 0.15) is 5.75 Å². The number of nitrogens with one attached hydrogen (secondary N) is 1. The van der Waals surface area contributed by atoms with Gasteiger partial charge >= 0.3 is 0 Å². The van der Waals surface area contributed by atoms with E-state index >= 15 is 0 Å². The van der Waals surface area contributed by atoms with Gasteiger partial charge in [0, 0.05) is 28.5 Å². The van der Waals surface area contributed by atoms with Crippen LogP contribution in [0, 0.1) is 0 Å². The molecule has 1 aliphatic rings. The summed E-state index contributed by atoms with van der Waals surface area (Å²) in [5, 5.41) is 4.23. The minimum absolute atomic E-state index is 0.317. The van der Waals surface area contributed by atoms with Gasteiger partial charge in [-0.15, -0.1) is 0 Å². The fourth-order valence-electron chi connectivity index (χ4n) is 2.01. The Balaban J connectivity index is 2.40. The Morgan fingerprint density at radius 3 is 2.94 bits per heavy atom. The molecule has 0 saturated heterocycles. The summed E-state index contributed by atoms with van der Waals surface area (Å²) >= 11 is 9.71. The molecule has 16 heavy (non-hydrogen) atoms. The second-order valence-electron chi connectivity index (χ2n) is 4.28. The third-order valence-corrected chi connectivity index (χ3v) is 3.62. The number of benzene rings is 1. The molecule has 0 radical (unpaired) electrons. The van der Waals surface area contributed by atoms with Gasteiger partial charge in [-0.2, -0.15) is 0 Å². The quantitative estimate of drug-likeness (QED) is 0.894. The maximum absolute atomic E-state index is 6.14. The van der Waals surface area contributed by atoms with Crippen LogP contribution < -0.4 is 10.1 Å². The highest BCUT2D eigenvalue weighted by Crippen LogP contribution is 2.42. The van der Waals surface area contributed by atoms with Crippen molar-refractivity contribution >= 4 is 27.5 Å². The predicted molar refractivity (Wildman–Crippen MR) is 70.3 cm³/mol. The fraction of sp³-hybridized carbons (Fsp3) is 0.500. The van der Waals surface area contributed by atoms with Crippen molar-refractivity contribution in [2.24, 2.45) is 0 Å². The van der Waals surface area contributed by atoms with Crippen LogP contribution >= 0.6 is 27.5 Å². The molecule has 1 aromatic carbocycles. The molecule has 2 rings (SSSR count). The van der Waals surface area contributed by atoms with Gasteiger partial charge in [-0.3, -0.25) is 0 Å². The van der Waals surface area contributed by atoms with E-state index in [-0.39, 0.29) is 0 Å². The zero-order chi connectivity index (χ0) is 11.7. The molecule has 88 valence electrons. The summed E-state index contributed by atoms with van der Waals surface area (Å²) in [4.78, 5) is 0. The van der Waals surface area contributed by atoms with Crippen molar-refractivity contribution in [2.75, 3.05) is 6.61 Å². The van der Waals surface area contributed by atoms with E-state index in [1.165, 1.54) is 0 Å². The van der Waals surface area contributed by atoms with Crippen LogP contribution in [0.15, 0.2) is 16.6 Å². The van der Waals surface area contributed by atoms with E-state index in [9.17, 15) is 0 Å². The van der Waals surface area contributed by atoms with Crippen LogP contribution in [0.4, 0.5) is 0 Å². The molecule has 2 nitrogen and oxygen atoms in total. The van der Waals surface area contributed by atoms with Crippen LogP contribution in [0.1, 0.15) is 31.9 Å². The van der Waals surface area contributed by atoms with Crippen LogP contribution in [0.25, 0.3) is 0 Å². The van der Waals surface area contributed by atoms with Crippen LogP contribution in [0.3, 0.4) is 0 Å². The third-order valence-electron chi connectivity index (χ3n) is 2.63. The number of fused-ring (bicyclic) bond motifs is 1. The van der Waals surface area contributed by atoms with E-state index in [4.69, 9.17) is 16.3 Å². The zero-order valence-corrected chi connectivity index (χ0v) is 11.7. The first-order valence-electron chi connectivity index (χ1n) is 5.46. The van der Waals surface area contributed by atoms with Crippen molar-refractivity contribution in [2.45, 2.75) is 32.4 Å². The number of hydrogen-bond acceptors (Lipinski definition) is 2. The molecule has 4 heteroatoms. The topological polar surface area (TPSA) is 21.3 Å². The van der Waals surface area contributed by atoms with Gasteiger partial charge < -0.3 is 10.1 Å². The van der Waals surface area contributed by atoms with E-state index in [1.807, 2.05) is 12.1 Å². The summed E-state index contributed by atoms with van der Waals surface area (Å²) in [6, 6.07) is 4.60. The molecule has 0 aliphatic carbocycles. The predicted octanol–water partition coefficient (Wildman–Crippen LogP) is 3.92. The minimum atomic E-state index is 0.317. The normalized spacial score (nSPS) is 19.4. The number of ether oxygens (including phenoxy) is 1. The van der Waals surface area contributed by atoms with Crippen LogP contribution in [-0.4, -0.2) is 12.6 Å². The smallest absolute Gasteiger partial charge is 0.143 e. The van der Waals surface area contributed by atoms with Crippen molar-refractivity contribution in [1.82, 2.24) is 5.32 Å². The van der Waals surface area contributed by atoms with Gasteiger partial charge in [-0.1, -0.05) is 41.4 Å². The monoisotopic (exact) mass is 303 g/mol. The highest BCUT2D eigenvalue weighted by molar-refractivity contribution is 9.10. The maximum atomic E-state index is 6.14. The molecular formula is C12H15BrClNO. The summed E-state index contributed by atoms with van der Waals surface area (Å²) in [7, 11) is 0. The van der Waals surface area contributed by atoms with Gasteiger partial charge in [-0.25, -0.2) is 0 Å². The van der Waals surface area contributed by atoms with Crippen LogP contribution in [0.2, 0.25) is 5.02 Å². The lowest BCUT2D eigenvalue weighted by Gasteiger charge is -2.29. The van der Waals surface area contributed by atoms with Gasteiger partial charge in [0.15, 0.2) is 0 Å². The summed E-state index contributed by atoms with van der Waals surface area (Å²) in [6.45, 7) is 5.01. The number of halogens is 2. The summed E-state index contributed by atoms with van der Waals surface area (Å²) < 4.78 is 6.70. The second kappa shape index (κ2) is 4.94. The first-order chi connectivity index (χ1) is 7.59. The highest BCUT2D eigenvalue weighted by atomic mass is 79.9. The molecule has 1 atom stereocenters. The molecule has 1 aliphatic heterocycles. The highest BCUT2D eigenvalue weighted by Gasteiger charge is 2.26. The SMILES string of the molecule is CC(C)NC1CCOc2c(Cl)ccc(Br)c21. The molecule has 0 aromatic heterocycles. The molecule has 0 saturated carbocycles. The Hall–Kier alpha value is -0.250.